The number of aromatic amines is 2. The first kappa shape index (κ1) is 28.5. The summed E-state index contributed by atoms with van der Waals surface area (Å²) in [6.07, 6.45) is 0.949. The Kier molecular flexibility index (Phi) is 6.82. The van der Waals surface area contributed by atoms with Crippen LogP contribution in [0.25, 0.3) is 22.2 Å². The van der Waals surface area contributed by atoms with E-state index in [9.17, 15) is 24.3 Å². The van der Waals surface area contributed by atoms with Gasteiger partial charge in [0.15, 0.2) is 5.78 Å². The molecule has 2 aromatic rings. The molecule has 8 bridgehead atoms. The molecule has 2 aromatic heterocycles. The van der Waals surface area contributed by atoms with Crippen molar-refractivity contribution in [2.24, 2.45) is 0 Å². The number of cyclic esters (lactones) is 2. The maximum Gasteiger partial charge on any atom is 0.350 e. The van der Waals surface area contributed by atoms with Crippen LogP contribution in [0.15, 0.2) is 18.2 Å². The summed E-state index contributed by atoms with van der Waals surface area (Å²) in [4.78, 5) is 67.6. The molecule has 10 heteroatoms. The number of allylic oxidation sites excluding steroid dienone is 2. The van der Waals surface area contributed by atoms with Gasteiger partial charge >= 0.3 is 17.9 Å². The third kappa shape index (κ3) is 4.47. The standard InChI is InChI=1S/C33H34N4O6/c1-7-18-13(2)20-12-25-27(17(6)38)15(4)22(35-25)10-21-14(3)19(8-9-26(39)40)30(36-21)29-31-28(32(41)43-33(29)42)16(5)23(37-31)11-24(18)34-20/h10-14,18-19,34,37H,7-9H2,1-6H3,(H,39,40). The maximum absolute atomic E-state index is 13.4. The highest BCUT2D eigenvalue weighted by Crippen LogP contribution is 2.45. The number of aliphatic carboxylic acids is 1. The first-order valence-corrected chi connectivity index (χ1v) is 14.7. The number of carbonyl (C=O) groups excluding carboxylic acids is 3. The van der Waals surface area contributed by atoms with Gasteiger partial charge in [-0.05, 0) is 62.9 Å². The van der Waals surface area contributed by atoms with E-state index >= 15 is 0 Å². The van der Waals surface area contributed by atoms with Gasteiger partial charge in [0, 0.05) is 58.3 Å². The molecule has 0 aliphatic carbocycles. The van der Waals surface area contributed by atoms with Crippen LogP contribution in [0.3, 0.4) is 0 Å². The van der Waals surface area contributed by atoms with E-state index in [2.05, 4.69) is 23.8 Å². The number of carboxylic acids is 1. The monoisotopic (exact) mass is 582 g/mol. The van der Waals surface area contributed by atoms with E-state index in [4.69, 9.17) is 14.7 Å². The third-order valence-electron chi connectivity index (χ3n) is 9.44. The second-order valence-corrected chi connectivity index (χ2v) is 11.9. The Morgan fingerprint density at radius 2 is 1.65 bits per heavy atom. The molecule has 4 unspecified atom stereocenters. The van der Waals surface area contributed by atoms with Crippen LogP contribution in [0.4, 0.5) is 0 Å². The van der Waals surface area contributed by atoms with Crippen molar-refractivity contribution in [1.29, 1.82) is 0 Å². The molecular weight excluding hydrogens is 548 g/mol. The fourth-order valence-corrected chi connectivity index (χ4v) is 7.02. The molecule has 0 fully saturated rings. The van der Waals surface area contributed by atoms with Gasteiger partial charge in [0.1, 0.15) is 5.56 Å². The smallest absolute Gasteiger partial charge is 0.350 e. The predicted octanol–water partition coefficient (Wildman–Crippen LogP) is 6.23. The molecule has 6 heterocycles. The minimum atomic E-state index is -0.960. The lowest BCUT2D eigenvalue weighted by Crippen LogP contribution is -2.21. The van der Waals surface area contributed by atoms with E-state index in [1.807, 2.05) is 39.0 Å². The number of ether oxygens (including phenoxy) is 1. The van der Waals surface area contributed by atoms with E-state index in [0.717, 1.165) is 23.4 Å². The van der Waals surface area contributed by atoms with Gasteiger partial charge in [0.05, 0.1) is 28.2 Å². The fourth-order valence-electron chi connectivity index (χ4n) is 7.02. The van der Waals surface area contributed by atoms with Crippen LogP contribution in [-0.4, -0.2) is 48.7 Å². The van der Waals surface area contributed by atoms with Crippen LogP contribution >= 0.6 is 0 Å². The van der Waals surface area contributed by atoms with E-state index in [-0.39, 0.29) is 47.5 Å². The van der Waals surface area contributed by atoms with Crippen LogP contribution in [-0.2, 0) is 14.3 Å². The zero-order valence-corrected chi connectivity index (χ0v) is 25.0. The molecule has 43 heavy (non-hydrogen) atoms. The number of hydrogen-bond acceptors (Lipinski definition) is 7. The number of nitrogens with one attached hydrogen (secondary N) is 2. The summed E-state index contributed by atoms with van der Waals surface area (Å²) in [5.41, 5.74) is 7.34. The van der Waals surface area contributed by atoms with Crippen LogP contribution in [0.1, 0.15) is 138 Å². The molecule has 4 atom stereocenters. The van der Waals surface area contributed by atoms with Gasteiger partial charge in [-0.25, -0.2) is 14.6 Å². The van der Waals surface area contributed by atoms with Crippen molar-refractivity contribution in [3.8, 4) is 0 Å². The maximum atomic E-state index is 13.4. The predicted molar refractivity (Wildman–Crippen MR) is 159 cm³/mol. The number of hydrogen-bond donors (Lipinski definition) is 3. The van der Waals surface area contributed by atoms with Crippen LogP contribution < -0.4 is 0 Å². The summed E-state index contributed by atoms with van der Waals surface area (Å²) in [7, 11) is 0. The summed E-state index contributed by atoms with van der Waals surface area (Å²) in [6.45, 7) is 11.4. The topological polar surface area (TPSA) is 155 Å². The molecule has 0 aromatic carbocycles. The molecule has 0 saturated heterocycles. The number of esters is 2. The zero-order valence-electron chi connectivity index (χ0n) is 25.0. The third-order valence-corrected chi connectivity index (χ3v) is 9.44. The van der Waals surface area contributed by atoms with E-state index in [1.54, 1.807) is 0 Å². The van der Waals surface area contributed by atoms with Crippen molar-refractivity contribution in [1.82, 2.24) is 19.9 Å². The number of ketones is 1. The molecular formula is C33H34N4O6. The van der Waals surface area contributed by atoms with Crippen molar-refractivity contribution in [3.05, 3.63) is 69.1 Å². The molecule has 0 spiro atoms. The number of rotatable bonds is 5. The highest BCUT2D eigenvalue weighted by molar-refractivity contribution is 6.27. The number of nitrogens with zero attached hydrogens (tertiary/aromatic N) is 2. The van der Waals surface area contributed by atoms with Crippen LogP contribution in [0.5, 0.6) is 0 Å². The summed E-state index contributed by atoms with van der Waals surface area (Å²) in [5, 5.41) is 9.50. The number of fused-ring (bicyclic) bond motifs is 8. The van der Waals surface area contributed by atoms with Crippen LogP contribution in [0, 0.1) is 6.92 Å². The van der Waals surface area contributed by atoms with Crippen molar-refractivity contribution < 1.29 is 29.0 Å². The molecule has 3 N–H and O–H groups in total. The Morgan fingerprint density at radius 3 is 2.33 bits per heavy atom. The number of Topliss-reactive ketones (excluding diaryl/α,β-unsaturated/α-hetero) is 1. The summed E-state index contributed by atoms with van der Waals surface area (Å²) >= 11 is 0. The number of aryl methyl sites for hydroxylation is 1. The van der Waals surface area contributed by atoms with Gasteiger partial charge in [-0.2, -0.15) is 0 Å². The Labute approximate surface area is 248 Å². The zero-order chi connectivity index (χ0) is 30.9. The average molecular weight is 583 g/mol. The molecule has 0 saturated carbocycles. The Balaban J connectivity index is 1.79. The lowest BCUT2D eigenvalue weighted by molar-refractivity contribution is -0.137. The minimum absolute atomic E-state index is 0.0946. The van der Waals surface area contributed by atoms with Crippen LogP contribution in [0.2, 0.25) is 0 Å². The molecule has 0 amide bonds. The van der Waals surface area contributed by atoms with Gasteiger partial charge in [-0.15, -0.1) is 0 Å². The molecule has 0 radical (unpaired) electrons. The largest absolute Gasteiger partial charge is 0.481 e. The summed E-state index contributed by atoms with van der Waals surface area (Å²) < 4.78 is 5.25. The second kappa shape index (κ2) is 10.3. The van der Waals surface area contributed by atoms with E-state index in [0.29, 0.717) is 44.9 Å². The first-order valence-electron chi connectivity index (χ1n) is 14.7. The van der Waals surface area contributed by atoms with Crippen molar-refractivity contribution in [2.45, 2.75) is 84.5 Å². The molecule has 10 nitrogen and oxygen atoms in total. The fraction of sp³-hybridized carbons (Fsp3) is 0.394. The van der Waals surface area contributed by atoms with Gasteiger partial charge < -0.3 is 19.8 Å². The molecule has 222 valence electrons. The highest BCUT2D eigenvalue weighted by Gasteiger charge is 2.39. The van der Waals surface area contributed by atoms with Gasteiger partial charge in [-0.3, -0.25) is 14.6 Å². The highest BCUT2D eigenvalue weighted by atomic mass is 16.6. The van der Waals surface area contributed by atoms with E-state index in [1.165, 1.54) is 6.92 Å². The molecule has 6 rings (SSSR count). The molecule has 4 aliphatic heterocycles. The van der Waals surface area contributed by atoms with Gasteiger partial charge in [0.2, 0.25) is 0 Å². The number of aromatic nitrogens is 4. The Morgan fingerprint density at radius 1 is 0.930 bits per heavy atom. The minimum Gasteiger partial charge on any atom is -0.481 e. The summed E-state index contributed by atoms with van der Waals surface area (Å²) in [6, 6.07) is 5.73. The lowest BCUT2D eigenvalue weighted by Gasteiger charge is -2.18. The van der Waals surface area contributed by atoms with Gasteiger partial charge in [-0.1, -0.05) is 20.8 Å². The second-order valence-electron chi connectivity index (χ2n) is 11.9. The van der Waals surface area contributed by atoms with Crippen molar-refractivity contribution in [3.63, 3.8) is 0 Å². The van der Waals surface area contributed by atoms with E-state index < -0.39 is 23.8 Å². The van der Waals surface area contributed by atoms with Gasteiger partial charge in [0.25, 0.3) is 0 Å². The molecule has 4 aliphatic rings. The average Bonchev–Trinajstić information content (AvgIpc) is 3.61. The normalized spacial score (nSPS) is 22.0. The SMILES string of the molecule is CCC1c2cc3[nH]c4c(c5nc(cc6nc(cc([nH]2)C1C)C(C(C)=O)=C6C)C(C)C5CCC(=O)O)C(=O)OC(=O)c4c3C. The number of carbonyl (C=O) groups is 4. The van der Waals surface area contributed by atoms with Crippen molar-refractivity contribution >= 4 is 45.9 Å². The number of carboxylic acid groups (broad SMARTS) is 1. The van der Waals surface area contributed by atoms with Crippen molar-refractivity contribution in [2.75, 3.05) is 0 Å². The first-order chi connectivity index (χ1) is 20.4. The summed E-state index contributed by atoms with van der Waals surface area (Å²) in [5.74, 6) is -3.06. The lowest BCUT2D eigenvalue weighted by atomic mass is 9.85. The Bertz CT molecular complexity index is 1860. The Hall–Kier alpha value is -4.60. The quantitative estimate of drug-likeness (QED) is 0.277. The number of H-pyrrole nitrogens is 2.